The second-order valence-corrected chi connectivity index (χ2v) is 4.55. The number of hydrogen-bond acceptors (Lipinski definition) is 5. The first-order valence-electron chi connectivity index (χ1n) is 6.75. The summed E-state index contributed by atoms with van der Waals surface area (Å²) in [6.45, 7) is 5.17. The SMILES string of the molecule is CCCOc1cc(C)nc(Nc2ccc(CN)cc2)n1. The summed E-state index contributed by atoms with van der Waals surface area (Å²) in [6, 6.07) is 9.71. The smallest absolute Gasteiger partial charge is 0.230 e. The first kappa shape index (κ1) is 14.3. The Morgan fingerprint density at radius 3 is 2.60 bits per heavy atom. The molecule has 0 bridgehead atoms. The zero-order valence-corrected chi connectivity index (χ0v) is 11.9. The van der Waals surface area contributed by atoms with E-state index in [2.05, 4.69) is 22.2 Å². The molecular formula is C15H20N4O. The normalized spacial score (nSPS) is 10.3. The van der Waals surface area contributed by atoms with Gasteiger partial charge >= 0.3 is 0 Å². The number of rotatable bonds is 6. The summed E-state index contributed by atoms with van der Waals surface area (Å²) in [5.41, 5.74) is 8.46. The van der Waals surface area contributed by atoms with E-state index in [0.717, 1.165) is 23.4 Å². The van der Waals surface area contributed by atoms with Gasteiger partial charge in [0.25, 0.3) is 0 Å². The van der Waals surface area contributed by atoms with Gasteiger partial charge < -0.3 is 15.8 Å². The highest BCUT2D eigenvalue weighted by molar-refractivity contribution is 5.54. The molecule has 0 radical (unpaired) electrons. The van der Waals surface area contributed by atoms with Crippen LogP contribution in [0.5, 0.6) is 5.88 Å². The lowest BCUT2D eigenvalue weighted by Crippen LogP contribution is -2.03. The predicted octanol–water partition coefficient (Wildman–Crippen LogP) is 2.78. The molecule has 106 valence electrons. The molecule has 1 aromatic heterocycles. The predicted molar refractivity (Wildman–Crippen MR) is 80.2 cm³/mol. The Bertz CT molecular complexity index is 554. The first-order valence-corrected chi connectivity index (χ1v) is 6.75. The average molecular weight is 272 g/mol. The van der Waals surface area contributed by atoms with Crippen LogP contribution in [0.25, 0.3) is 0 Å². The molecule has 3 N–H and O–H groups in total. The molecule has 2 rings (SSSR count). The third-order valence-electron chi connectivity index (χ3n) is 2.73. The number of aryl methyl sites for hydroxylation is 1. The van der Waals surface area contributed by atoms with Crippen LogP contribution in [0.3, 0.4) is 0 Å². The molecule has 0 saturated carbocycles. The lowest BCUT2D eigenvalue weighted by Gasteiger charge is -2.09. The molecule has 0 amide bonds. The second kappa shape index (κ2) is 6.86. The number of anilines is 2. The van der Waals surface area contributed by atoms with Crippen LogP contribution in [-0.2, 0) is 6.54 Å². The summed E-state index contributed by atoms with van der Waals surface area (Å²) < 4.78 is 5.54. The van der Waals surface area contributed by atoms with Gasteiger partial charge in [-0.15, -0.1) is 0 Å². The van der Waals surface area contributed by atoms with Crippen molar-refractivity contribution in [2.24, 2.45) is 5.73 Å². The summed E-state index contributed by atoms with van der Waals surface area (Å²) in [5, 5.41) is 3.17. The molecule has 0 fully saturated rings. The molecule has 0 atom stereocenters. The standard InChI is InChI=1S/C15H20N4O/c1-3-8-20-14-9-11(2)17-15(19-14)18-13-6-4-12(10-16)5-7-13/h4-7,9H,3,8,10,16H2,1-2H3,(H,17,18,19). The van der Waals surface area contributed by atoms with Crippen molar-refractivity contribution < 1.29 is 4.74 Å². The number of nitrogens with one attached hydrogen (secondary N) is 1. The van der Waals surface area contributed by atoms with E-state index in [1.807, 2.05) is 37.3 Å². The maximum atomic E-state index is 5.58. The average Bonchev–Trinajstić information content (AvgIpc) is 2.45. The van der Waals surface area contributed by atoms with E-state index in [1.54, 1.807) is 0 Å². The minimum atomic E-state index is 0.538. The van der Waals surface area contributed by atoms with Crippen LogP contribution in [0.2, 0.25) is 0 Å². The second-order valence-electron chi connectivity index (χ2n) is 4.55. The Balaban J connectivity index is 2.12. The van der Waals surface area contributed by atoms with Gasteiger partial charge in [-0.2, -0.15) is 4.98 Å². The molecule has 1 heterocycles. The van der Waals surface area contributed by atoms with Crippen LogP contribution in [0.4, 0.5) is 11.6 Å². The quantitative estimate of drug-likeness (QED) is 0.846. The van der Waals surface area contributed by atoms with Crippen molar-refractivity contribution in [3.63, 3.8) is 0 Å². The molecule has 0 aliphatic rings. The highest BCUT2D eigenvalue weighted by atomic mass is 16.5. The molecule has 20 heavy (non-hydrogen) atoms. The number of aromatic nitrogens is 2. The zero-order chi connectivity index (χ0) is 14.4. The number of benzene rings is 1. The fourth-order valence-electron chi connectivity index (χ4n) is 1.73. The van der Waals surface area contributed by atoms with Gasteiger partial charge in [-0.1, -0.05) is 19.1 Å². The van der Waals surface area contributed by atoms with Gasteiger partial charge in [-0.25, -0.2) is 4.98 Å². The summed E-state index contributed by atoms with van der Waals surface area (Å²) in [6.07, 6.45) is 0.951. The van der Waals surface area contributed by atoms with Crippen LogP contribution in [-0.4, -0.2) is 16.6 Å². The van der Waals surface area contributed by atoms with Crippen molar-refractivity contribution in [3.8, 4) is 5.88 Å². The van der Waals surface area contributed by atoms with Gasteiger partial charge in [0.05, 0.1) is 6.61 Å². The number of ether oxygens (including phenoxy) is 1. The Hall–Kier alpha value is -2.14. The van der Waals surface area contributed by atoms with Crippen molar-refractivity contribution >= 4 is 11.6 Å². The van der Waals surface area contributed by atoms with E-state index in [-0.39, 0.29) is 0 Å². The van der Waals surface area contributed by atoms with Crippen molar-refractivity contribution in [1.82, 2.24) is 9.97 Å². The Kier molecular flexibility index (Phi) is 4.90. The van der Waals surface area contributed by atoms with Gasteiger partial charge in [0.2, 0.25) is 11.8 Å². The van der Waals surface area contributed by atoms with E-state index in [9.17, 15) is 0 Å². The highest BCUT2D eigenvalue weighted by Gasteiger charge is 2.03. The maximum absolute atomic E-state index is 5.58. The molecule has 0 spiro atoms. The molecule has 5 heteroatoms. The summed E-state index contributed by atoms with van der Waals surface area (Å²) >= 11 is 0. The number of nitrogens with zero attached hydrogens (tertiary/aromatic N) is 2. The van der Waals surface area contributed by atoms with Crippen molar-refractivity contribution in [1.29, 1.82) is 0 Å². The summed E-state index contributed by atoms with van der Waals surface area (Å²) in [7, 11) is 0. The maximum Gasteiger partial charge on any atom is 0.230 e. The monoisotopic (exact) mass is 272 g/mol. The molecule has 2 aromatic rings. The van der Waals surface area contributed by atoms with Gasteiger partial charge in [-0.05, 0) is 31.0 Å². The van der Waals surface area contributed by atoms with Gasteiger partial charge in [0.15, 0.2) is 0 Å². The fourth-order valence-corrected chi connectivity index (χ4v) is 1.73. The molecule has 0 unspecified atom stereocenters. The third kappa shape index (κ3) is 3.93. The lowest BCUT2D eigenvalue weighted by atomic mass is 10.2. The summed E-state index contributed by atoms with van der Waals surface area (Å²) in [5.74, 6) is 1.14. The van der Waals surface area contributed by atoms with E-state index >= 15 is 0 Å². The van der Waals surface area contributed by atoms with Gasteiger partial charge in [0.1, 0.15) is 0 Å². The largest absolute Gasteiger partial charge is 0.478 e. The molecule has 0 aliphatic carbocycles. The van der Waals surface area contributed by atoms with E-state index in [1.165, 1.54) is 0 Å². The van der Waals surface area contributed by atoms with Crippen LogP contribution < -0.4 is 15.8 Å². The topological polar surface area (TPSA) is 73.1 Å². The fraction of sp³-hybridized carbons (Fsp3) is 0.333. The van der Waals surface area contributed by atoms with Crippen LogP contribution in [0.1, 0.15) is 24.6 Å². The number of nitrogens with two attached hydrogens (primary N) is 1. The summed E-state index contributed by atoms with van der Waals surface area (Å²) in [4.78, 5) is 8.69. The molecule has 0 aliphatic heterocycles. The molecule has 1 aromatic carbocycles. The van der Waals surface area contributed by atoms with Crippen molar-refractivity contribution in [2.45, 2.75) is 26.8 Å². The van der Waals surface area contributed by atoms with Crippen molar-refractivity contribution in [3.05, 3.63) is 41.6 Å². The zero-order valence-electron chi connectivity index (χ0n) is 11.9. The molecular weight excluding hydrogens is 252 g/mol. The van der Waals surface area contributed by atoms with Crippen molar-refractivity contribution in [2.75, 3.05) is 11.9 Å². The minimum absolute atomic E-state index is 0.538. The molecule has 0 saturated heterocycles. The highest BCUT2D eigenvalue weighted by Crippen LogP contribution is 2.17. The lowest BCUT2D eigenvalue weighted by molar-refractivity contribution is 0.305. The Labute approximate surface area is 119 Å². The van der Waals surface area contributed by atoms with E-state index < -0.39 is 0 Å². The first-order chi connectivity index (χ1) is 9.71. The van der Waals surface area contributed by atoms with E-state index in [4.69, 9.17) is 10.5 Å². The van der Waals surface area contributed by atoms with E-state index in [0.29, 0.717) is 25.0 Å². The minimum Gasteiger partial charge on any atom is -0.478 e. The number of hydrogen-bond donors (Lipinski definition) is 2. The molecule has 5 nitrogen and oxygen atoms in total. The Morgan fingerprint density at radius 1 is 1.20 bits per heavy atom. The van der Waals surface area contributed by atoms with Crippen LogP contribution in [0, 0.1) is 6.92 Å². The van der Waals surface area contributed by atoms with Gasteiger partial charge in [-0.3, -0.25) is 0 Å². The van der Waals surface area contributed by atoms with Crippen LogP contribution in [0.15, 0.2) is 30.3 Å². The van der Waals surface area contributed by atoms with Gasteiger partial charge in [0, 0.05) is 24.0 Å². The van der Waals surface area contributed by atoms with Crippen LogP contribution >= 0.6 is 0 Å². The Morgan fingerprint density at radius 2 is 1.95 bits per heavy atom. The third-order valence-corrected chi connectivity index (χ3v) is 2.73.